The van der Waals surface area contributed by atoms with Gasteiger partial charge >= 0.3 is 0 Å². The van der Waals surface area contributed by atoms with Crippen LogP contribution in [-0.2, 0) is 0 Å². The summed E-state index contributed by atoms with van der Waals surface area (Å²) in [5.74, 6) is 1.92. The van der Waals surface area contributed by atoms with Gasteiger partial charge in [-0.1, -0.05) is 31.2 Å². The van der Waals surface area contributed by atoms with Gasteiger partial charge in [0, 0.05) is 30.3 Å². The van der Waals surface area contributed by atoms with Crippen molar-refractivity contribution in [3.8, 4) is 23.0 Å². The zero-order chi connectivity index (χ0) is 22.9. The van der Waals surface area contributed by atoms with Crippen molar-refractivity contribution in [2.45, 2.75) is 32.5 Å². The van der Waals surface area contributed by atoms with Crippen LogP contribution < -0.4 is 9.47 Å². The van der Waals surface area contributed by atoms with Crippen molar-refractivity contribution in [3.05, 3.63) is 83.4 Å². The number of phenolic OH excluding ortho intramolecular Hbond substituents is 2. The SMILES string of the molecule is CCCN1CC(Oc2ccc([C@@H]3Oc4cc(O)ccc4C(C)=C3c3ccc(O)cc3)cc2)C1.S. The lowest BCUT2D eigenvalue weighted by molar-refractivity contribution is 0.0202. The average molecular weight is 478 g/mol. The maximum absolute atomic E-state index is 10.0. The summed E-state index contributed by atoms with van der Waals surface area (Å²) < 4.78 is 12.6. The Hall–Kier alpha value is -3.09. The van der Waals surface area contributed by atoms with E-state index in [-0.39, 0.29) is 37.2 Å². The minimum atomic E-state index is -0.346. The summed E-state index contributed by atoms with van der Waals surface area (Å²) in [6, 6.07) is 20.5. The molecule has 1 atom stereocenters. The van der Waals surface area contributed by atoms with Crippen molar-refractivity contribution in [1.29, 1.82) is 0 Å². The van der Waals surface area contributed by atoms with E-state index in [0.717, 1.165) is 53.2 Å². The van der Waals surface area contributed by atoms with Crippen LogP contribution in [0.2, 0.25) is 0 Å². The standard InChI is InChI=1S/C28H29NO4.H2S/c1-3-14-29-16-24(17-29)32-23-11-6-20(7-12-23)28-27(19-4-8-21(30)9-5-19)18(2)25-13-10-22(31)15-26(25)33-28;/h4-13,15,24,28,30-31H,3,14,16-17H2,1-2H3;1H2/t28-;/m0./s1. The lowest BCUT2D eigenvalue weighted by Gasteiger charge is -2.38. The first kappa shape index (κ1) is 24.0. The fraction of sp³-hybridized carbons (Fsp3) is 0.286. The van der Waals surface area contributed by atoms with Crippen molar-refractivity contribution in [2.75, 3.05) is 19.6 Å². The summed E-state index contributed by atoms with van der Waals surface area (Å²) in [6.07, 6.45) is 1.07. The summed E-state index contributed by atoms with van der Waals surface area (Å²) in [6.45, 7) is 7.36. The van der Waals surface area contributed by atoms with Crippen molar-refractivity contribution >= 4 is 24.6 Å². The van der Waals surface area contributed by atoms with E-state index < -0.39 is 0 Å². The summed E-state index contributed by atoms with van der Waals surface area (Å²) in [7, 11) is 0. The highest BCUT2D eigenvalue weighted by molar-refractivity contribution is 7.59. The fourth-order valence-corrected chi connectivity index (χ4v) is 4.70. The van der Waals surface area contributed by atoms with Gasteiger partial charge in [-0.05, 0) is 73.0 Å². The highest BCUT2D eigenvalue weighted by Gasteiger charge is 2.30. The first-order chi connectivity index (χ1) is 16.0. The number of hydrogen-bond donors (Lipinski definition) is 2. The van der Waals surface area contributed by atoms with Crippen LogP contribution in [0.1, 0.15) is 43.1 Å². The normalized spacial score (nSPS) is 17.9. The molecule has 0 amide bonds. The largest absolute Gasteiger partial charge is 0.508 e. The van der Waals surface area contributed by atoms with Gasteiger partial charge in [0.25, 0.3) is 0 Å². The Balaban J connectivity index is 0.00000274. The molecular weight excluding hydrogens is 446 g/mol. The van der Waals surface area contributed by atoms with Gasteiger partial charge in [-0.3, -0.25) is 4.90 Å². The number of rotatable bonds is 6. The van der Waals surface area contributed by atoms with E-state index >= 15 is 0 Å². The van der Waals surface area contributed by atoms with Gasteiger partial charge in [0.15, 0.2) is 0 Å². The van der Waals surface area contributed by atoms with Gasteiger partial charge in [0.1, 0.15) is 35.2 Å². The Morgan fingerprint density at radius 1 is 0.941 bits per heavy atom. The Bertz CT molecular complexity index is 1170. The van der Waals surface area contributed by atoms with Crippen LogP contribution in [0.25, 0.3) is 11.1 Å². The number of aromatic hydroxyl groups is 2. The zero-order valence-electron chi connectivity index (χ0n) is 19.5. The predicted molar refractivity (Wildman–Crippen MR) is 140 cm³/mol. The maximum Gasteiger partial charge on any atom is 0.150 e. The number of nitrogens with zero attached hydrogens (tertiary/aromatic N) is 1. The van der Waals surface area contributed by atoms with E-state index in [1.165, 1.54) is 6.42 Å². The number of phenols is 2. The molecular formula is C28H31NO4S. The molecule has 1 fully saturated rings. The smallest absolute Gasteiger partial charge is 0.150 e. The lowest BCUT2D eigenvalue weighted by Crippen LogP contribution is -2.53. The second kappa shape index (κ2) is 10.0. The molecule has 0 saturated carbocycles. The molecule has 0 spiro atoms. The minimum absolute atomic E-state index is 0. The second-order valence-corrected chi connectivity index (χ2v) is 8.83. The van der Waals surface area contributed by atoms with Crippen LogP contribution in [0.15, 0.2) is 66.7 Å². The summed E-state index contributed by atoms with van der Waals surface area (Å²) in [4.78, 5) is 2.40. The Morgan fingerprint density at radius 3 is 2.29 bits per heavy atom. The van der Waals surface area contributed by atoms with Crippen molar-refractivity contribution in [3.63, 3.8) is 0 Å². The van der Waals surface area contributed by atoms with Crippen LogP contribution in [0.3, 0.4) is 0 Å². The van der Waals surface area contributed by atoms with Crippen molar-refractivity contribution < 1.29 is 19.7 Å². The fourth-order valence-electron chi connectivity index (χ4n) is 4.70. The second-order valence-electron chi connectivity index (χ2n) is 8.83. The molecule has 5 rings (SSSR count). The lowest BCUT2D eigenvalue weighted by atomic mass is 9.86. The molecule has 2 aliphatic heterocycles. The molecule has 0 unspecified atom stereocenters. The topological polar surface area (TPSA) is 62.2 Å². The molecule has 178 valence electrons. The molecule has 6 heteroatoms. The molecule has 1 saturated heterocycles. The first-order valence-electron chi connectivity index (χ1n) is 11.5. The number of likely N-dealkylation sites (tertiary alicyclic amines) is 1. The third-order valence-corrected chi connectivity index (χ3v) is 6.41. The van der Waals surface area contributed by atoms with Gasteiger partial charge in [-0.25, -0.2) is 0 Å². The Morgan fingerprint density at radius 2 is 1.62 bits per heavy atom. The minimum Gasteiger partial charge on any atom is -0.508 e. The van der Waals surface area contributed by atoms with E-state index in [9.17, 15) is 10.2 Å². The average Bonchev–Trinajstić information content (AvgIpc) is 2.79. The highest BCUT2D eigenvalue weighted by atomic mass is 32.1. The third-order valence-electron chi connectivity index (χ3n) is 6.41. The first-order valence-corrected chi connectivity index (χ1v) is 11.5. The third kappa shape index (κ3) is 4.74. The highest BCUT2D eigenvalue weighted by Crippen LogP contribution is 2.47. The van der Waals surface area contributed by atoms with Crippen LogP contribution >= 0.6 is 13.5 Å². The van der Waals surface area contributed by atoms with Crippen molar-refractivity contribution in [1.82, 2.24) is 4.90 Å². The molecule has 34 heavy (non-hydrogen) atoms. The van der Waals surface area contributed by atoms with Crippen LogP contribution in [0.5, 0.6) is 23.0 Å². The molecule has 2 heterocycles. The molecule has 3 aromatic carbocycles. The number of benzene rings is 3. The van der Waals surface area contributed by atoms with Gasteiger partial charge < -0.3 is 19.7 Å². The van der Waals surface area contributed by atoms with Gasteiger partial charge in [0.05, 0.1) is 0 Å². The molecule has 3 aromatic rings. The van der Waals surface area contributed by atoms with E-state index in [2.05, 4.69) is 18.7 Å². The Labute approximate surface area is 207 Å². The van der Waals surface area contributed by atoms with E-state index in [0.29, 0.717) is 5.75 Å². The molecule has 0 aromatic heterocycles. The zero-order valence-corrected chi connectivity index (χ0v) is 20.5. The summed E-state index contributed by atoms with van der Waals surface area (Å²) in [5.41, 5.74) is 5.06. The van der Waals surface area contributed by atoms with Crippen molar-refractivity contribution in [2.24, 2.45) is 0 Å². The number of hydrogen-bond acceptors (Lipinski definition) is 5. The predicted octanol–water partition coefficient (Wildman–Crippen LogP) is 5.75. The number of ether oxygens (including phenoxy) is 2. The van der Waals surface area contributed by atoms with Gasteiger partial charge in [-0.2, -0.15) is 13.5 Å². The Kier molecular flexibility index (Phi) is 7.10. The van der Waals surface area contributed by atoms with E-state index in [4.69, 9.17) is 9.47 Å². The van der Waals surface area contributed by atoms with Gasteiger partial charge in [0.2, 0.25) is 0 Å². The van der Waals surface area contributed by atoms with Crippen LogP contribution in [-0.4, -0.2) is 40.9 Å². The van der Waals surface area contributed by atoms with Gasteiger partial charge in [-0.15, -0.1) is 0 Å². The molecule has 2 aliphatic rings. The summed E-state index contributed by atoms with van der Waals surface area (Å²) in [5, 5.41) is 19.8. The molecule has 0 aliphatic carbocycles. The molecule has 0 radical (unpaired) electrons. The molecule has 5 nitrogen and oxygen atoms in total. The summed E-state index contributed by atoms with van der Waals surface area (Å²) >= 11 is 0. The monoisotopic (exact) mass is 477 g/mol. The molecule has 0 bridgehead atoms. The quantitative estimate of drug-likeness (QED) is 0.474. The van der Waals surface area contributed by atoms with Crippen LogP contribution in [0, 0.1) is 0 Å². The van der Waals surface area contributed by atoms with E-state index in [1.54, 1.807) is 24.3 Å². The maximum atomic E-state index is 10.0. The van der Waals surface area contributed by atoms with Crippen LogP contribution in [0.4, 0.5) is 0 Å². The van der Waals surface area contributed by atoms with E-state index in [1.807, 2.05) is 42.5 Å². The molecule has 2 N–H and O–H groups in total. The number of allylic oxidation sites excluding steroid dienone is 1. The number of fused-ring (bicyclic) bond motifs is 1.